The van der Waals surface area contributed by atoms with E-state index in [0.717, 1.165) is 17.8 Å². The topological polar surface area (TPSA) is 0 Å². The van der Waals surface area contributed by atoms with Crippen LogP contribution in [-0.4, -0.2) is 13.3 Å². The van der Waals surface area contributed by atoms with Crippen LogP contribution in [0.15, 0.2) is 0 Å². The summed E-state index contributed by atoms with van der Waals surface area (Å²) in [5, 5.41) is 1.61. The molecule has 2 atom stereocenters. The van der Waals surface area contributed by atoms with E-state index in [1.165, 1.54) is 19.3 Å². The van der Waals surface area contributed by atoms with Crippen LogP contribution in [0.2, 0.25) is 22.5 Å². The SMILES string of the molecule is CC1CC(C)CC([CH2][Ge]([CH3])([CH3])[CH3])C1. The van der Waals surface area contributed by atoms with Crippen molar-refractivity contribution in [3.05, 3.63) is 0 Å². The second kappa shape index (κ2) is 4.38. The zero-order valence-electron chi connectivity index (χ0n) is 10.1. The van der Waals surface area contributed by atoms with Crippen LogP contribution >= 0.6 is 0 Å². The van der Waals surface area contributed by atoms with Gasteiger partial charge in [0.1, 0.15) is 0 Å². The summed E-state index contributed by atoms with van der Waals surface area (Å²) < 4.78 is 0. The van der Waals surface area contributed by atoms with Crippen molar-refractivity contribution in [3.63, 3.8) is 0 Å². The van der Waals surface area contributed by atoms with E-state index in [2.05, 4.69) is 31.1 Å². The van der Waals surface area contributed by atoms with E-state index in [-0.39, 0.29) is 0 Å². The van der Waals surface area contributed by atoms with Crippen LogP contribution < -0.4 is 0 Å². The predicted molar refractivity (Wildman–Crippen MR) is 63.8 cm³/mol. The standard InChI is InChI=1S/C12H26Ge/c1-10-6-11(2)8-12(7-10)9-13(3,4)5/h10-12H,6-9H2,1-5H3. The number of hydrogen-bond acceptors (Lipinski definition) is 0. The summed E-state index contributed by atoms with van der Waals surface area (Å²) in [6.07, 6.45) is 4.52. The molecular weight excluding hydrogens is 217 g/mol. The molecule has 0 amide bonds. The molecule has 0 bridgehead atoms. The minimum absolute atomic E-state index is 0.999. The third-order valence-electron chi connectivity index (χ3n) is 3.18. The Morgan fingerprint density at radius 2 is 1.38 bits per heavy atom. The Morgan fingerprint density at radius 3 is 1.77 bits per heavy atom. The van der Waals surface area contributed by atoms with Gasteiger partial charge < -0.3 is 0 Å². The van der Waals surface area contributed by atoms with Gasteiger partial charge in [0.05, 0.1) is 0 Å². The van der Waals surface area contributed by atoms with Gasteiger partial charge in [-0.05, 0) is 0 Å². The molecule has 1 heteroatoms. The van der Waals surface area contributed by atoms with Gasteiger partial charge in [0.25, 0.3) is 0 Å². The maximum absolute atomic E-state index is 2.56. The first-order chi connectivity index (χ1) is 5.87. The summed E-state index contributed by atoms with van der Waals surface area (Å²) in [5.41, 5.74) is 0. The van der Waals surface area contributed by atoms with Crippen LogP contribution in [0.3, 0.4) is 0 Å². The van der Waals surface area contributed by atoms with Crippen molar-refractivity contribution >= 4 is 13.3 Å². The van der Waals surface area contributed by atoms with Gasteiger partial charge in [-0.3, -0.25) is 0 Å². The molecule has 1 rings (SSSR count). The van der Waals surface area contributed by atoms with Crippen LogP contribution in [0, 0.1) is 17.8 Å². The molecule has 0 spiro atoms. The summed E-state index contributed by atoms with van der Waals surface area (Å²) >= 11 is -1.27. The zero-order chi connectivity index (χ0) is 10.1. The van der Waals surface area contributed by atoms with Gasteiger partial charge in [-0.1, -0.05) is 0 Å². The first-order valence-electron chi connectivity index (χ1n) is 5.87. The fourth-order valence-corrected chi connectivity index (χ4v) is 7.48. The monoisotopic (exact) mass is 244 g/mol. The van der Waals surface area contributed by atoms with Gasteiger partial charge in [-0.25, -0.2) is 0 Å². The van der Waals surface area contributed by atoms with Crippen molar-refractivity contribution in [2.75, 3.05) is 0 Å². The molecule has 13 heavy (non-hydrogen) atoms. The van der Waals surface area contributed by atoms with Gasteiger partial charge >= 0.3 is 86.7 Å². The second-order valence-corrected chi connectivity index (χ2v) is 18.1. The molecule has 0 aromatic rings. The fraction of sp³-hybridized carbons (Fsp3) is 1.00. The second-order valence-electron chi connectivity index (χ2n) is 6.55. The van der Waals surface area contributed by atoms with Crippen LogP contribution in [0.25, 0.3) is 0 Å². The number of rotatable bonds is 2. The van der Waals surface area contributed by atoms with E-state index in [1.54, 1.807) is 5.25 Å². The quantitative estimate of drug-likeness (QED) is 0.630. The van der Waals surface area contributed by atoms with Gasteiger partial charge in [-0.15, -0.1) is 0 Å². The fourth-order valence-electron chi connectivity index (χ4n) is 3.15. The van der Waals surface area contributed by atoms with Crippen molar-refractivity contribution in [3.8, 4) is 0 Å². The normalized spacial score (nSPS) is 36.2. The molecule has 0 heterocycles. The first-order valence-corrected chi connectivity index (χ1v) is 13.6. The Kier molecular flexibility index (Phi) is 3.91. The molecule has 0 aliphatic heterocycles. The molecule has 0 nitrogen and oxygen atoms in total. The molecule has 1 aliphatic carbocycles. The van der Waals surface area contributed by atoms with Crippen molar-refractivity contribution in [1.29, 1.82) is 0 Å². The average molecular weight is 243 g/mol. The van der Waals surface area contributed by atoms with Crippen molar-refractivity contribution in [2.24, 2.45) is 17.8 Å². The summed E-state index contributed by atoms with van der Waals surface area (Å²) in [5.74, 6) is 10.8. The van der Waals surface area contributed by atoms with Crippen molar-refractivity contribution < 1.29 is 0 Å². The van der Waals surface area contributed by atoms with Crippen LogP contribution in [0.1, 0.15) is 33.1 Å². The molecule has 78 valence electrons. The Bertz CT molecular complexity index is 147. The first kappa shape index (κ1) is 11.6. The van der Waals surface area contributed by atoms with E-state index >= 15 is 0 Å². The van der Waals surface area contributed by atoms with Gasteiger partial charge in [0.15, 0.2) is 0 Å². The maximum atomic E-state index is 2.56. The molecule has 0 aromatic heterocycles. The predicted octanol–water partition coefficient (Wildman–Crippen LogP) is 4.40. The van der Waals surface area contributed by atoms with Crippen molar-refractivity contribution in [2.45, 2.75) is 55.6 Å². The van der Waals surface area contributed by atoms with Gasteiger partial charge in [0, 0.05) is 0 Å². The molecule has 0 aromatic carbocycles. The zero-order valence-corrected chi connectivity index (χ0v) is 12.2. The molecule has 0 saturated heterocycles. The molecule has 1 saturated carbocycles. The van der Waals surface area contributed by atoms with Gasteiger partial charge in [0.2, 0.25) is 0 Å². The Labute approximate surface area is 86.9 Å². The number of hydrogen-bond donors (Lipinski definition) is 0. The molecule has 2 unspecified atom stereocenters. The molecule has 0 N–H and O–H groups in total. The summed E-state index contributed by atoms with van der Waals surface area (Å²) in [6, 6.07) is 0. The molecule has 0 radical (unpaired) electrons. The van der Waals surface area contributed by atoms with Crippen molar-refractivity contribution in [1.82, 2.24) is 0 Å². The van der Waals surface area contributed by atoms with Crippen LogP contribution in [0.5, 0.6) is 0 Å². The molecule has 1 aliphatic rings. The van der Waals surface area contributed by atoms with E-state index in [0.29, 0.717) is 0 Å². The third kappa shape index (κ3) is 4.53. The molecule has 1 fully saturated rings. The van der Waals surface area contributed by atoms with Crippen LogP contribution in [-0.2, 0) is 0 Å². The third-order valence-corrected chi connectivity index (χ3v) is 6.96. The Balaban J connectivity index is 2.42. The summed E-state index contributed by atoms with van der Waals surface area (Å²) in [4.78, 5) is 0. The Morgan fingerprint density at radius 1 is 0.923 bits per heavy atom. The van der Waals surface area contributed by atoms with Gasteiger partial charge in [-0.2, -0.15) is 0 Å². The van der Waals surface area contributed by atoms with E-state index in [4.69, 9.17) is 0 Å². The minimum atomic E-state index is -1.27. The van der Waals surface area contributed by atoms with E-state index in [1.807, 2.05) is 0 Å². The molecular formula is C12H26Ge. The summed E-state index contributed by atoms with van der Waals surface area (Å²) in [7, 11) is 0. The summed E-state index contributed by atoms with van der Waals surface area (Å²) in [6.45, 7) is 4.89. The average Bonchev–Trinajstić information content (AvgIpc) is 1.78. The Hall–Kier alpha value is 0.543. The van der Waals surface area contributed by atoms with E-state index < -0.39 is 13.3 Å². The van der Waals surface area contributed by atoms with E-state index in [9.17, 15) is 0 Å². The van der Waals surface area contributed by atoms with Crippen LogP contribution in [0.4, 0.5) is 0 Å².